The second-order valence-corrected chi connectivity index (χ2v) is 7.56. The average molecular weight is 394 g/mol. The summed E-state index contributed by atoms with van der Waals surface area (Å²) < 4.78 is 0. The van der Waals surface area contributed by atoms with Crippen LogP contribution in [0.15, 0.2) is 36.4 Å². The van der Waals surface area contributed by atoms with Crippen molar-refractivity contribution in [3.8, 4) is 0 Å². The van der Waals surface area contributed by atoms with Crippen molar-refractivity contribution in [2.24, 2.45) is 0 Å². The second-order valence-electron chi connectivity index (χ2n) is 7.20. The fourth-order valence-corrected chi connectivity index (χ4v) is 4.00. The molecule has 2 heterocycles. The Morgan fingerprint density at radius 3 is 2.68 bits per heavy atom. The summed E-state index contributed by atoms with van der Waals surface area (Å²) in [6, 6.07) is 11.4. The van der Waals surface area contributed by atoms with Gasteiger partial charge in [0, 0.05) is 30.2 Å². The van der Waals surface area contributed by atoms with Crippen molar-refractivity contribution in [1.82, 2.24) is 4.98 Å². The van der Waals surface area contributed by atoms with Crippen LogP contribution in [-0.2, 0) is 11.2 Å². The largest absolute Gasteiger partial charge is 0.322 e. The fraction of sp³-hybridized carbons (Fsp3) is 0.227. The molecule has 0 fully saturated rings. The molecule has 4 rings (SSSR count). The Morgan fingerprint density at radius 1 is 1.14 bits per heavy atom. The van der Waals surface area contributed by atoms with Crippen LogP contribution in [0.4, 0.5) is 11.4 Å². The molecule has 0 bridgehead atoms. The Hall–Kier alpha value is -2.92. The number of nitrogens with zero attached hydrogens (tertiary/aromatic N) is 2. The molecule has 1 aromatic heterocycles. The van der Waals surface area contributed by atoms with Crippen molar-refractivity contribution in [3.63, 3.8) is 0 Å². The van der Waals surface area contributed by atoms with Crippen LogP contribution in [0, 0.1) is 13.8 Å². The van der Waals surface area contributed by atoms with Gasteiger partial charge >= 0.3 is 0 Å². The molecule has 6 heteroatoms. The van der Waals surface area contributed by atoms with Crippen LogP contribution in [0.5, 0.6) is 0 Å². The maximum Gasteiger partial charge on any atom is 0.258 e. The fourth-order valence-electron chi connectivity index (χ4n) is 3.77. The Balaban J connectivity index is 1.67. The van der Waals surface area contributed by atoms with E-state index >= 15 is 0 Å². The van der Waals surface area contributed by atoms with Gasteiger partial charge in [-0.25, -0.2) is 4.98 Å². The lowest BCUT2D eigenvalue weighted by Crippen LogP contribution is -2.25. The molecular formula is C22H20ClN3O2. The zero-order valence-electron chi connectivity index (χ0n) is 16.0. The number of amides is 2. The van der Waals surface area contributed by atoms with Gasteiger partial charge in [-0.05, 0) is 55.7 Å². The molecule has 5 nitrogen and oxygen atoms in total. The van der Waals surface area contributed by atoms with Crippen molar-refractivity contribution in [1.29, 1.82) is 0 Å². The first-order valence-electron chi connectivity index (χ1n) is 9.13. The molecule has 2 aromatic carbocycles. The molecule has 1 N–H and O–H groups in total. The van der Waals surface area contributed by atoms with Gasteiger partial charge in [-0.1, -0.05) is 29.3 Å². The van der Waals surface area contributed by atoms with E-state index in [2.05, 4.69) is 10.3 Å². The maximum absolute atomic E-state index is 12.8. The molecule has 142 valence electrons. The monoisotopic (exact) mass is 393 g/mol. The highest BCUT2D eigenvalue weighted by atomic mass is 35.5. The number of pyridine rings is 1. The molecule has 0 saturated carbocycles. The number of carbonyl (C=O) groups is 2. The van der Waals surface area contributed by atoms with Crippen molar-refractivity contribution < 1.29 is 9.59 Å². The van der Waals surface area contributed by atoms with Crippen molar-refractivity contribution in [2.75, 3.05) is 16.8 Å². The minimum atomic E-state index is -0.328. The average Bonchev–Trinajstić information content (AvgIpc) is 3.05. The van der Waals surface area contributed by atoms with Crippen LogP contribution in [0.2, 0.25) is 5.15 Å². The van der Waals surface area contributed by atoms with Gasteiger partial charge in [0.15, 0.2) is 0 Å². The van der Waals surface area contributed by atoms with E-state index in [1.807, 2.05) is 44.2 Å². The molecule has 1 aliphatic rings. The first-order chi connectivity index (χ1) is 13.3. The molecule has 0 unspecified atom stereocenters. The van der Waals surface area contributed by atoms with Gasteiger partial charge < -0.3 is 10.2 Å². The number of hydrogen-bond donors (Lipinski definition) is 1. The van der Waals surface area contributed by atoms with Gasteiger partial charge in [0.2, 0.25) is 5.91 Å². The van der Waals surface area contributed by atoms with E-state index in [1.54, 1.807) is 17.9 Å². The first-order valence-corrected chi connectivity index (χ1v) is 9.51. The molecule has 0 spiro atoms. The predicted octanol–water partition coefficient (Wildman–Crippen LogP) is 4.67. The highest BCUT2D eigenvalue weighted by Crippen LogP contribution is 2.31. The van der Waals surface area contributed by atoms with Crippen molar-refractivity contribution in [3.05, 3.63) is 63.8 Å². The summed E-state index contributed by atoms with van der Waals surface area (Å²) in [5.74, 6) is -0.333. The number of hydrogen-bond acceptors (Lipinski definition) is 3. The highest BCUT2D eigenvalue weighted by Gasteiger charge is 2.23. The number of fused-ring (bicyclic) bond motifs is 2. The molecule has 28 heavy (non-hydrogen) atoms. The Morgan fingerprint density at radius 2 is 1.93 bits per heavy atom. The molecule has 0 radical (unpaired) electrons. The van der Waals surface area contributed by atoms with Gasteiger partial charge in [0.1, 0.15) is 5.15 Å². The summed E-state index contributed by atoms with van der Waals surface area (Å²) >= 11 is 6.31. The minimum Gasteiger partial charge on any atom is -0.322 e. The summed E-state index contributed by atoms with van der Waals surface area (Å²) in [5, 5.41) is 3.93. The number of rotatable bonds is 2. The smallest absolute Gasteiger partial charge is 0.258 e. The number of anilines is 2. The van der Waals surface area contributed by atoms with Crippen LogP contribution in [-0.4, -0.2) is 23.3 Å². The van der Waals surface area contributed by atoms with Gasteiger partial charge in [-0.3, -0.25) is 9.59 Å². The van der Waals surface area contributed by atoms with Crippen LogP contribution >= 0.6 is 11.6 Å². The minimum absolute atomic E-state index is 0.00487. The Kier molecular flexibility index (Phi) is 4.55. The lowest BCUT2D eigenvalue weighted by molar-refractivity contribution is -0.116. The van der Waals surface area contributed by atoms with Crippen molar-refractivity contribution in [2.45, 2.75) is 27.2 Å². The molecule has 3 aromatic rings. The van der Waals surface area contributed by atoms with Crippen LogP contribution in [0.1, 0.15) is 34.0 Å². The molecule has 0 aliphatic carbocycles. The predicted molar refractivity (Wildman–Crippen MR) is 112 cm³/mol. The number of halogens is 1. The van der Waals surface area contributed by atoms with Crippen LogP contribution < -0.4 is 10.2 Å². The summed E-state index contributed by atoms with van der Waals surface area (Å²) in [5.41, 5.74) is 5.80. The SMILES string of the molecule is CC(=O)N1CCc2ccc(NC(=O)c3cc4cc(C)cc(C)c4nc3Cl)cc21. The summed E-state index contributed by atoms with van der Waals surface area (Å²) in [7, 11) is 0. The summed E-state index contributed by atoms with van der Waals surface area (Å²) in [6.45, 7) is 6.20. The van der Waals surface area contributed by atoms with E-state index in [0.717, 1.165) is 39.7 Å². The van der Waals surface area contributed by atoms with E-state index in [9.17, 15) is 9.59 Å². The quantitative estimate of drug-likeness (QED) is 0.644. The number of aryl methyl sites for hydroxylation is 2. The van der Waals surface area contributed by atoms with Gasteiger partial charge in [-0.15, -0.1) is 0 Å². The normalized spacial score (nSPS) is 12.9. The Bertz CT molecular complexity index is 1140. The van der Waals surface area contributed by atoms with E-state index in [-0.39, 0.29) is 17.0 Å². The summed E-state index contributed by atoms with van der Waals surface area (Å²) in [6.07, 6.45) is 0.822. The lowest BCUT2D eigenvalue weighted by atomic mass is 10.1. The first kappa shape index (κ1) is 18.4. The van der Waals surface area contributed by atoms with E-state index in [4.69, 9.17) is 11.6 Å². The third kappa shape index (κ3) is 3.22. The number of benzene rings is 2. The summed E-state index contributed by atoms with van der Waals surface area (Å²) in [4.78, 5) is 30.8. The second kappa shape index (κ2) is 6.91. The standard InChI is InChI=1S/C22H20ClN3O2/c1-12-8-13(2)20-16(9-12)10-18(21(23)25-20)22(28)24-17-5-4-15-6-7-26(14(3)27)19(15)11-17/h4-5,8-11H,6-7H2,1-3H3,(H,24,28). The van der Waals surface area contributed by atoms with Gasteiger partial charge in [0.25, 0.3) is 5.91 Å². The van der Waals surface area contributed by atoms with Crippen LogP contribution in [0.25, 0.3) is 10.9 Å². The number of carbonyl (C=O) groups excluding carboxylic acids is 2. The van der Waals surface area contributed by atoms with Gasteiger partial charge in [0.05, 0.1) is 11.1 Å². The third-order valence-electron chi connectivity index (χ3n) is 5.07. The maximum atomic E-state index is 12.8. The zero-order valence-corrected chi connectivity index (χ0v) is 16.7. The van der Waals surface area contributed by atoms with Gasteiger partial charge in [-0.2, -0.15) is 0 Å². The lowest BCUT2D eigenvalue weighted by Gasteiger charge is -2.16. The molecule has 0 atom stereocenters. The number of aromatic nitrogens is 1. The third-order valence-corrected chi connectivity index (χ3v) is 5.36. The van der Waals surface area contributed by atoms with Crippen molar-refractivity contribution >= 4 is 45.7 Å². The molecule has 0 saturated heterocycles. The van der Waals surface area contributed by atoms with E-state index in [1.165, 1.54) is 0 Å². The molecule has 1 aliphatic heterocycles. The van der Waals surface area contributed by atoms with E-state index < -0.39 is 0 Å². The zero-order chi connectivity index (χ0) is 20.0. The highest BCUT2D eigenvalue weighted by molar-refractivity contribution is 6.34. The number of nitrogens with one attached hydrogen (secondary N) is 1. The molecular weight excluding hydrogens is 374 g/mol. The molecule has 2 amide bonds. The Labute approximate surface area is 168 Å². The topological polar surface area (TPSA) is 62.3 Å². The van der Waals surface area contributed by atoms with Crippen LogP contribution in [0.3, 0.4) is 0 Å². The van der Waals surface area contributed by atoms with E-state index in [0.29, 0.717) is 17.8 Å².